The molecule has 0 aliphatic carbocycles. The number of rotatable bonds is 2. The van der Waals surface area contributed by atoms with Crippen LogP contribution in [0.1, 0.15) is 35.6 Å². The molecule has 2 atom stereocenters. The topological polar surface area (TPSA) is 55.8 Å². The minimum atomic E-state index is -4.44. The van der Waals surface area contributed by atoms with Gasteiger partial charge < -0.3 is 14.4 Å². The molecule has 0 spiro atoms. The average Bonchev–Trinajstić information content (AvgIpc) is 2.59. The lowest BCUT2D eigenvalue weighted by Crippen LogP contribution is -2.43. The molecule has 0 bridgehead atoms. The van der Waals surface area contributed by atoms with Crippen molar-refractivity contribution in [3.8, 4) is 0 Å². The van der Waals surface area contributed by atoms with Gasteiger partial charge in [-0.05, 0) is 43.0 Å². The summed E-state index contributed by atoms with van der Waals surface area (Å²) in [5.74, 6) is -0.809. The molecule has 5 nitrogen and oxygen atoms in total. The monoisotopic (exact) mass is 359 g/mol. The van der Waals surface area contributed by atoms with E-state index in [1.54, 1.807) is 6.92 Å². The van der Waals surface area contributed by atoms with E-state index in [1.807, 2.05) is 0 Å². The molecular formula is C17H20F3NO4. The van der Waals surface area contributed by atoms with Gasteiger partial charge in [0.25, 0.3) is 0 Å². The number of amides is 1. The Kier molecular flexibility index (Phi) is 5.59. The van der Waals surface area contributed by atoms with Crippen LogP contribution >= 0.6 is 0 Å². The maximum Gasteiger partial charge on any atom is 0.416 e. The Hall–Kier alpha value is -2.25. The first-order chi connectivity index (χ1) is 11.7. The van der Waals surface area contributed by atoms with Crippen LogP contribution in [0, 0.1) is 12.8 Å². The van der Waals surface area contributed by atoms with Crippen molar-refractivity contribution in [2.45, 2.75) is 32.0 Å². The summed E-state index contributed by atoms with van der Waals surface area (Å²) < 4.78 is 48.1. The summed E-state index contributed by atoms with van der Waals surface area (Å²) in [6.45, 7) is 1.82. The summed E-state index contributed by atoms with van der Waals surface area (Å²) in [5, 5.41) is 0. The summed E-state index contributed by atoms with van der Waals surface area (Å²) in [7, 11) is 2.53. The molecule has 1 aliphatic heterocycles. The van der Waals surface area contributed by atoms with E-state index in [1.165, 1.54) is 25.2 Å². The van der Waals surface area contributed by atoms with Crippen LogP contribution in [-0.2, 0) is 20.4 Å². The first-order valence-corrected chi connectivity index (χ1v) is 7.79. The van der Waals surface area contributed by atoms with Gasteiger partial charge in [0.15, 0.2) is 0 Å². The fraction of sp³-hybridized carbons (Fsp3) is 0.529. The lowest BCUT2D eigenvalue weighted by atomic mass is 9.85. The SMILES string of the molecule is COC(=O)C1CCN(C(=O)OC)C(c2ccc(C(F)(F)F)cc2C)C1. The van der Waals surface area contributed by atoms with Crippen molar-refractivity contribution in [2.75, 3.05) is 20.8 Å². The number of aryl methyl sites for hydroxylation is 1. The van der Waals surface area contributed by atoms with E-state index in [-0.39, 0.29) is 18.9 Å². The number of halogens is 3. The predicted octanol–water partition coefficient (Wildman–Crippen LogP) is 3.71. The zero-order valence-electron chi connectivity index (χ0n) is 14.2. The molecule has 2 rings (SSSR count). The normalized spacial score (nSPS) is 21.0. The summed E-state index contributed by atoms with van der Waals surface area (Å²) >= 11 is 0. The van der Waals surface area contributed by atoms with Gasteiger partial charge in [-0.25, -0.2) is 4.79 Å². The van der Waals surface area contributed by atoms with Crippen LogP contribution in [0.3, 0.4) is 0 Å². The molecule has 1 aromatic carbocycles. The van der Waals surface area contributed by atoms with Crippen LogP contribution < -0.4 is 0 Å². The Bertz CT molecular complexity index is 660. The molecule has 1 saturated heterocycles. The van der Waals surface area contributed by atoms with Crippen molar-refractivity contribution in [3.05, 3.63) is 34.9 Å². The van der Waals surface area contributed by atoms with Gasteiger partial charge in [-0.3, -0.25) is 4.79 Å². The Morgan fingerprint density at radius 3 is 2.40 bits per heavy atom. The average molecular weight is 359 g/mol. The highest BCUT2D eigenvalue weighted by Gasteiger charge is 2.38. The largest absolute Gasteiger partial charge is 0.469 e. The number of benzene rings is 1. The van der Waals surface area contributed by atoms with Crippen LogP contribution in [0.2, 0.25) is 0 Å². The van der Waals surface area contributed by atoms with Crippen molar-refractivity contribution in [2.24, 2.45) is 5.92 Å². The lowest BCUT2D eigenvalue weighted by Gasteiger charge is -2.38. The first kappa shape index (κ1) is 19.1. The lowest BCUT2D eigenvalue weighted by molar-refractivity contribution is -0.147. The number of alkyl halides is 3. The van der Waals surface area contributed by atoms with Gasteiger partial charge in [0.2, 0.25) is 0 Å². The molecule has 0 N–H and O–H groups in total. The molecule has 1 aliphatic rings. The molecule has 0 aromatic heterocycles. The van der Waals surface area contributed by atoms with E-state index in [2.05, 4.69) is 0 Å². The smallest absolute Gasteiger partial charge is 0.416 e. The number of esters is 1. The molecule has 8 heteroatoms. The molecule has 2 unspecified atom stereocenters. The standard InChI is InChI=1S/C17H20F3NO4/c1-10-8-12(17(18,19)20)4-5-13(10)14-9-11(15(22)24-2)6-7-21(14)16(23)25-3/h4-5,8,11,14H,6-7,9H2,1-3H3. The van der Waals surface area contributed by atoms with Gasteiger partial charge in [0.1, 0.15) is 0 Å². The second-order valence-electron chi connectivity index (χ2n) is 5.99. The Morgan fingerprint density at radius 2 is 1.88 bits per heavy atom. The Balaban J connectivity index is 2.39. The second kappa shape index (κ2) is 7.33. The van der Waals surface area contributed by atoms with Gasteiger partial charge >= 0.3 is 18.2 Å². The highest BCUT2D eigenvalue weighted by molar-refractivity contribution is 5.74. The number of nitrogens with zero attached hydrogens (tertiary/aromatic N) is 1. The minimum Gasteiger partial charge on any atom is -0.469 e. The predicted molar refractivity (Wildman–Crippen MR) is 82.8 cm³/mol. The zero-order valence-corrected chi connectivity index (χ0v) is 14.2. The van der Waals surface area contributed by atoms with Crippen LogP contribution in [0.4, 0.5) is 18.0 Å². The van der Waals surface area contributed by atoms with Gasteiger partial charge in [-0.1, -0.05) is 6.07 Å². The molecule has 138 valence electrons. The summed E-state index contributed by atoms with van der Waals surface area (Å²) in [6, 6.07) is 2.84. The van der Waals surface area contributed by atoms with E-state index in [4.69, 9.17) is 9.47 Å². The van der Waals surface area contributed by atoms with Crippen molar-refractivity contribution in [1.82, 2.24) is 4.90 Å². The van der Waals surface area contributed by atoms with Crippen LogP contribution in [0.5, 0.6) is 0 Å². The van der Waals surface area contributed by atoms with E-state index >= 15 is 0 Å². The number of likely N-dealkylation sites (tertiary alicyclic amines) is 1. The maximum absolute atomic E-state index is 12.9. The van der Waals surface area contributed by atoms with E-state index in [0.29, 0.717) is 17.5 Å². The molecule has 25 heavy (non-hydrogen) atoms. The number of ether oxygens (including phenoxy) is 2. The number of carbonyl (C=O) groups is 2. The van der Waals surface area contributed by atoms with Gasteiger partial charge in [0, 0.05) is 6.54 Å². The van der Waals surface area contributed by atoms with Crippen molar-refractivity contribution >= 4 is 12.1 Å². The van der Waals surface area contributed by atoms with Crippen LogP contribution in [0.15, 0.2) is 18.2 Å². The third kappa shape index (κ3) is 4.05. The highest BCUT2D eigenvalue weighted by Crippen LogP contribution is 2.38. The minimum absolute atomic E-state index is 0.261. The molecule has 1 fully saturated rings. The third-order valence-electron chi connectivity index (χ3n) is 4.50. The summed E-state index contributed by atoms with van der Waals surface area (Å²) in [5.41, 5.74) is 0.213. The summed E-state index contributed by atoms with van der Waals surface area (Å²) in [6.07, 6.45) is -4.33. The number of piperidine rings is 1. The zero-order chi connectivity index (χ0) is 18.8. The van der Waals surface area contributed by atoms with Gasteiger partial charge in [0.05, 0.1) is 31.7 Å². The summed E-state index contributed by atoms with van der Waals surface area (Å²) in [4.78, 5) is 25.3. The quantitative estimate of drug-likeness (QED) is 0.756. The van der Waals surface area contributed by atoms with Crippen molar-refractivity contribution in [1.29, 1.82) is 0 Å². The van der Waals surface area contributed by atoms with Gasteiger partial charge in [-0.2, -0.15) is 13.2 Å². The van der Waals surface area contributed by atoms with Crippen molar-refractivity contribution < 1.29 is 32.2 Å². The van der Waals surface area contributed by atoms with Crippen LogP contribution in [-0.4, -0.2) is 37.7 Å². The van der Waals surface area contributed by atoms with E-state index < -0.39 is 29.8 Å². The number of hydrogen-bond donors (Lipinski definition) is 0. The molecule has 0 radical (unpaired) electrons. The van der Waals surface area contributed by atoms with Gasteiger partial charge in [-0.15, -0.1) is 0 Å². The Morgan fingerprint density at radius 1 is 1.20 bits per heavy atom. The second-order valence-corrected chi connectivity index (χ2v) is 5.99. The van der Waals surface area contributed by atoms with E-state index in [0.717, 1.165) is 12.1 Å². The third-order valence-corrected chi connectivity index (χ3v) is 4.50. The van der Waals surface area contributed by atoms with Crippen LogP contribution in [0.25, 0.3) is 0 Å². The van der Waals surface area contributed by atoms with E-state index in [9.17, 15) is 22.8 Å². The molecule has 1 amide bonds. The molecule has 1 aromatic rings. The maximum atomic E-state index is 12.9. The number of carbonyl (C=O) groups excluding carboxylic acids is 2. The number of hydrogen-bond acceptors (Lipinski definition) is 4. The fourth-order valence-electron chi connectivity index (χ4n) is 3.20. The highest BCUT2D eigenvalue weighted by atomic mass is 19.4. The first-order valence-electron chi connectivity index (χ1n) is 7.79. The molecular weight excluding hydrogens is 339 g/mol. The molecule has 1 heterocycles. The molecule has 0 saturated carbocycles. The number of methoxy groups -OCH3 is 2. The Labute approximate surface area is 143 Å². The van der Waals surface area contributed by atoms with Crippen molar-refractivity contribution in [3.63, 3.8) is 0 Å². The fourth-order valence-corrected chi connectivity index (χ4v) is 3.20.